The molecule has 6 heteroatoms. The second-order valence-electron chi connectivity index (χ2n) is 3.87. The normalized spacial score (nSPS) is 10.2. The van der Waals surface area contributed by atoms with Gasteiger partial charge in [-0.3, -0.25) is 14.2 Å². The molecule has 0 unspecified atom stereocenters. The van der Waals surface area contributed by atoms with Gasteiger partial charge in [-0.25, -0.2) is 9.37 Å². The molecule has 1 aromatic heterocycles. The fourth-order valence-corrected chi connectivity index (χ4v) is 1.54. The Balaban J connectivity index is 1.89. The highest BCUT2D eigenvalue weighted by Gasteiger charge is 2.04. The molecule has 0 atom stereocenters. The summed E-state index contributed by atoms with van der Waals surface area (Å²) >= 11 is 0. The van der Waals surface area contributed by atoms with Gasteiger partial charge in [0.1, 0.15) is 5.82 Å². The van der Waals surface area contributed by atoms with Crippen LogP contribution in [-0.4, -0.2) is 22.0 Å². The number of amides is 1. The van der Waals surface area contributed by atoms with Crippen molar-refractivity contribution in [3.8, 4) is 0 Å². The van der Waals surface area contributed by atoms with Crippen molar-refractivity contribution in [1.82, 2.24) is 14.9 Å². The van der Waals surface area contributed by atoms with E-state index < -0.39 is 5.82 Å². The van der Waals surface area contributed by atoms with Crippen LogP contribution in [0, 0.1) is 5.82 Å². The molecule has 0 bridgehead atoms. The molecule has 2 aromatic rings. The van der Waals surface area contributed by atoms with Gasteiger partial charge in [-0.1, -0.05) is 0 Å². The molecule has 0 aliphatic carbocycles. The fourth-order valence-electron chi connectivity index (χ4n) is 1.54. The molecule has 98 valence electrons. The third-order valence-electron chi connectivity index (χ3n) is 2.54. The van der Waals surface area contributed by atoms with Gasteiger partial charge in [-0.05, 0) is 24.3 Å². The highest BCUT2D eigenvalue weighted by molar-refractivity contribution is 5.94. The van der Waals surface area contributed by atoms with E-state index in [0.29, 0.717) is 18.7 Å². The van der Waals surface area contributed by atoms with E-state index in [9.17, 15) is 14.0 Å². The van der Waals surface area contributed by atoms with Crippen LogP contribution >= 0.6 is 0 Å². The lowest BCUT2D eigenvalue weighted by molar-refractivity contribution is 0.0952. The molecular formula is C13H12FN3O2. The highest BCUT2D eigenvalue weighted by Crippen LogP contribution is 2.02. The average molecular weight is 261 g/mol. The molecule has 1 N–H and O–H groups in total. The minimum Gasteiger partial charge on any atom is -0.350 e. The fraction of sp³-hybridized carbons (Fsp3) is 0.154. The standard InChI is InChI=1S/C13H12FN3O2/c14-11-3-1-10(2-4-11)13(19)16-7-8-17-9-15-6-5-12(17)18/h1-6,9H,7-8H2,(H,16,19). The first-order valence-electron chi connectivity index (χ1n) is 5.71. The van der Waals surface area contributed by atoms with Crippen molar-refractivity contribution in [3.63, 3.8) is 0 Å². The Kier molecular flexibility index (Phi) is 4.02. The maximum absolute atomic E-state index is 12.7. The number of halogens is 1. The number of nitrogens with one attached hydrogen (secondary N) is 1. The zero-order valence-electron chi connectivity index (χ0n) is 10.0. The van der Waals surface area contributed by atoms with Gasteiger partial charge in [0, 0.05) is 30.9 Å². The van der Waals surface area contributed by atoms with E-state index in [1.807, 2.05) is 0 Å². The molecule has 1 amide bonds. The highest BCUT2D eigenvalue weighted by atomic mass is 19.1. The molecule has 2 rings (SSSR count). The third-order valence-corrected chi connectivity index (χ3v) is 2.54. The van der Waals surface area contributed by atoms with Crippen LogP contribution < -0.4 is 10.9 Å². The van der Waals surface area contributed by atoms with E-state index in [1.165, 1.54) is 47.4 Å². The van der Waals surface area contributed by atoms with E-state index in [1.54, 1.807) is 0 Å². The van der Waals surface area contributed by atoms with Gasteiger partial charge in [-0.15, -0.1) is 0 Å². The minimum atomic E-state index is -0.390. The number of benzene rings is 1. The predicted octanol–water partition coefficient (Wildman–Crippen LogP) is 0.812. The summed E-state index contributed by atoms with van der Waals surface area (Å²) in [6.45, 7) is 0.626. The molecule has 0 aliphatic rings. The maximum atomic E-state index is 12.7. The lowest BCUT2D eigenvalue weighted by Crippen LogP contribution is -2.30. The first-order chi connectivity index (χ1) is 9.16. The third kappa shape index (κ3) is 3.48. The molecule has 0 fully saturated rings. The summed E-state index contributed by atoms with van der Waals surface area (Å²) in [5.74, 6) is -0.699. The van der Waals surface area contributed by atoms with Gasteiger partial charge in [0.2, 0.25) is 0 Å². The SMILES string of the molecule is O=C(NCCn1cnccc1=O)c1ccc(F)cc1. The largest absolute Gasteiger partial charge is 0.350 e. The first-order valence-corrected chi connectivity index (χ1v) is 5.71. The molecule has 0 saturated carbocycles. The number of carbonyl (C=O) groups is 1. The van der Waals surface area contributed by atoms with Gasteiger partial charge < -0.3 is 5.32 Å². The number of nitrogens with zero attached hydrogens (tertiary/aromatic N) is 2. The summed E-state index contributed by atoms with van der Waals surface area (Å²) in [6, 6.07) is 6.60. The van der Waals surface area contributed by atoms with E-state index in [0.717, 1.165) is 0 Å². The molecule has 0 saturated heterocycles. The zero-order valence-corrected chi connectivity index (χ0v) is 10.0. The Labute approximate surface area is 108 Å². The number of hydrogen-bond acceptors (Lipinski definition) is 3. The summed E-state index contributed by atoms with van der Waals surface area (Å²) in [7, 11) is 0. The van der Waals surface area contributed by atoms with Crippen LogP contribution in [0.3, 0.4) is 0 Å². The molecule has 0 aliphatic heterocycles. The predicted molar refractivity (Wildman–Crippen MR) is 67.2 cm³/mol. The van der Waals surface area contributed by atoms with E-state index >= 15 is 0 Å². The van der Waals surface area contributed by atoms with Crippen LogP contribution in [0.5, 0.6) is 0 Å². The Morgan fingerprint density at radius 1 is 1.26 bits per heavy atom. The molecule has 0 spiro atoms. The summed E-state index contributed by atoms with van der Waals surface area (Å²) in [4.78, 5) is 26.9. The first kappa shape index (κ1) is 12.9. The Morgan fingerprint density at radius 3 is 2.68 bits per heavy atom. The molecule has 1 heterocycles. The van der Waals surface area contributed by atoms with Crippen molar-refractivity contribution in [2.45, 2.75) is 6.54 Å². The number of aromatic nitrogens is 2. The van der Waals surface area contributed by atoms with Crippen LogP contribution in [0.15, 0.2) is 47.7 Å². The lowest BCUT2D eigenvalue weighted by Gasteiger charge is -2.06. The Bertz CT molecular complexity index is 622. The van der Waals surface area contributed by atoms with Crippen LogP contribution in [0.2, 0.25) is 0 Å². The van der Waals surface area contributed by atoms with Gasteiger partial charge in [0.15, 0.2) is 0 Å². The monoisotopic (exact) mass is 261 g/mol. The summed E-state index contributed by atoms with van der Waals surface area (Å²) in [6.07, 6.45) is 2.82. The zero-order chi connectivity index (χ0) is 13.7. The van der Waals surface area contributed by atoms with E-state index in [4.69, 9.17) is 0 Å². The topological polar surface area (TPSA) is 64.0 Å². The molecule has 5 nitrogen and oxygen atoms in total. The number of hydrogen-bond donors (Lipinski definition) is 1. The van der Waals surface area contributed by atoms with Gasteiger partial charge in [-0.2, -0.15) is 0 Å². The molecule has 0 radical (unpaired) electrons. The second-order valence-corrected chi connectivity index (χ2v) is 3.87. The second kappa shape index (κ2) is 5.90. The van der Waals surface area contributed by atoms with Crippen molar-refractivity contribution >= 4 is 5.91 Å². The molecule has 1 aromatic carbocycles. The van der Waals surface area contributed by atoms with Crippen molar-refractivity contribution in [1.29, 1.82) is 0 Å². The van der Waals surface area contributed by atoms with Crippen LogP contribution in [-0.2, 0) is 6.54 Å². The van der Waals surface area contributed by atoms with Crippen molar-refractivity contribution in [2.24, 2.45) is 0 Å². The number of rotatable bonds is 4. The van der Waals surface area contributed by atoms with Gasteiger partial charge in [0.25, 0.3) is 11.5 Å². The van der Waals surface area contributed by atoms with Crippen molar-refractivity contribution in [3.05, 3.63) is 64.6 Å². The Morgan fingerprint density at radius 2 is 2.00 bits per heavy atom. The van der Waals surface area contributed by atoms with Crippen LogP contribution in [0.1, 0.15) is 10.4 Å². The maximum Gasteiger partial charge on any atom is 0.253 e. The van der Waals surface area contributed by atoms with Gasteiger partial charge in [0.05, 0.1) is 6.33 Å². The average Bonchev–Trinajstić information content (AvgIpc) is 2.41. The van der Waals surface area contributed by atoms with Crippen LogP contribution in [0.25, 0.3) is 0 Å². The number of carbonyl (C=O) groups excluding carboxylic acids is 1. The summed E-state index contributed by atoms with van der Waals surface area (Å²) in [5.41, 5.74) is 0.200. The quantitative estimate of drug-likeness (QED) is 0.886. The van der Waals surface area contributed by atoms with E-state index in [-0.39, 0.29) is 11.5 Å². The minimum absolute atomic E-state index is 0.175. The summed E-state index contributed by atoms with van der Waals surface area (Å²) < 4.78 is 14.1. The Hall–Kier alpha value is -2.50. The smallest absolute Gasteiger partial charge is 0.253 e. The van der Waals surface area contributed by atoms with Crippen molar-refractivity contribution in [2.75, 3.05) is 6.54 Å². The van der Waals surface area contributed by atoms with Gasteiger partial charge >= 0.3 is 0 Å². The van der Waals surface area contributed by atoms with E-state index in [2.05, 4.69) is 10.3 Å². The lowest BCUT2D eigenvalue weighted by atomic mass is 10.2. The summed E-state index contributed by atoms with van der Waals surface area (Å²) in [5, 5.41) is 2.65. The van der Waals surface area contributed by atoms with Crippen molar-refractivity contribution < 1.29 is 9.18 Å². The molecular weight excluding hydrogens is 249 g/mol. The van der Waals surface area contributed by atoms with Crippen LogP contribution in [0.4, 0.5) is 4.39 Å². The molecule has 19 heavy (non-hydrogen) atoms.